The molecule has 3 nitrogen and oxygen atoms in total. The first kappa shape index (κ1) is 11.1. The Morgan fingerprint density at radius 1 is 1.25 bits per heavy atom. The van der Waals surface area contributed by atoms with E-state index < -0.39 is 0 Å². The van der Waals surface area contributed by atoms with Crippen LogP contribution in [0, 0.1) is 13.8 Å². The molecule has 16 heavy (non-hydrogen) atoms. The van der Waals surface area contributed by atoms with E-state index in [4.69, 9.17) is 4.74 Å². The van der Waals surface area contributed by atoms with Crippen molar-refractivity contribution in [2.24, 2.45) is 0 Å². The van der Waals surface area contributed by atoms with Crippen LogP contribution in [0.2, 0.25) is 0 Å². The van der Waals surface area contributed by atoms with Crippen LogP contribution in [-0.2, 0) is 0 Å². The van der Waals surface area contributed by atoms with Crippen LogP contribution < -0.4 is 4.74 Å². The molecule has 1 aromatic carbocycles. The third-order valence-electron chi connectivity index (χ3n) is 2.08. The minimum atomic E-state index is 0.684. The molecule has 0 amide bonds. The Morgan fingerprint density at radius 3 is 2.75 bits per heavy atom. The Labute approximate surface area is 103 Å². The van der Waals surface area contributed by atoms with E-state index in [9.17, 15) is 0 Å². The molecule has 0 aliphatic rings. The summed E-state index contributed by atoms with van der Waals surface area (Å²) < 4.78 is 6.67. The van der Waals surface area contributed by atoms with Gasteiger partial charge in [0.1, 0.15) is 11.6 Å². The molecular formula is C12H11BrN2O. The molecular weight excluding hydrogens is 268 g/mol. The zero-order chi connectivity index (χ0) is 11.5. The Hall–Kier alpha value is -1.42. The van der Waals surface area contributed by atoms with Crippen LogP contribution in [-0.4, -0.2) is 9.97 Å². The lowest BCUT2D eigenvalue weighted by molar-refractivity contribution is 0.471. The molecule has 4 heteroatoms. The van der Waals surface area contributed by atoms with Gasteiger partial charge in [-0.15, -0.1) is 0 Å². The van der Waals surface area contributed by atoms with Crippen LogP contribution in [0.1, 0.15) is 11.5 Å². The predicted molar refractivity (Wildman–Crippen MR) is 65.7 cm³/mol. The van der Waals surface area contributed by atoms with Crippen LogP contribution >= 0.6 is 15.9 Å². The Kier molecular flexibility index (Phi) is 3.19. The molecule has 0 N–H and O–H groups in total. The lowest BCUT2D eigenvalue weighted by Crippen LogP contribution is -1.94. The number of aryl methyl sites for hydroxylation is 2. The van der Waals surface area contributed by atoms with E-state index in [1.54, 1.807) is 6.20 Å². The molecule has 0 aliphatic heterocycles. The van der Waals surface area contributed by atoms with Crippen molar-refractivity contribution in [3.8, 4) is 11.5 Å². The molecule has 0 atom stereocenters. The van der Waals surface area contributed by atoms with Gasteiger partial charge in [-0.3, -0.25) is 0 Å². The Morgan fingerprint density at radius 2 is 2.06 bits per heavy atom. The third kappa shape index (κ3) is 2.58. The van der Waals surface area contributed by atoms with Gasteiger partial charge in [0.05, 0.1) is 11.9 Å². The van der Waals surface area contributed by atoms with Gasteiger partial charge in [-0.05, 0) is 32.0 Å². The maximum Gasteiger partial charge on any atom is 0.166 e. The third-order valence-corrected chi connectivity index (χ3v) is 2.57. The van der Waals surface area contributed by atoms with Gasteiger partial charge in [0.25, 0.3) is 0 Å². The summed E-state index contributed by atoms with van der Waals surface area (Å²) in [6, 6.07) is 7.67. The van der Waals surface area contributed by atoms with Crippen molar-refractivity contribution in [2.75, 3.05) is 0 Å². The fraction of sp³-hybridized carbons (Fsp3) is 0.167. The van der Waals surface area contributed by atoms with Gasteiger partial charge in [0.15, 0.2) is 5.75 Å². The average molecular weight is 279 g/mol. The fourth-order valence-corrected chi connectivity index (χ4v) is 1.71. The summed E-state index contributed by atoms with van der Waals surface area (Å²) >= 11 is 3.39. The van der Waals surface area contributed by atoms with Crippen LogP contribution in [0.25, 0.3) is 0 Å². The maximum atomic E-state index is 5.69. The molecule has 0 saturated heterocycles. The predicted octanol–water partition coefficient (Wildman–Crippen LogP) is 3.65. The highest BCUT2D eigenvalue weighted by Gasteiger charge is 2.03. The summed E-state index contributed by atoms with van der Waals surface area (Å²) in [4.78, 5) is 8.36. The topological polar surface area (TPSA) is 35.0 Å². The Bertz CT molecular complexity index is 514. The fourth-order valence-electron chi connectivity index (χ4n) is 1.33. The second-order valence-electron chi connectivity index (χ2n) is 3.43. The van der Waals surface area contributed by atoms with Crippen molar-refractivity contribution in [1.29, 1.82) is 0 Å². The summed E-state index contributed by atoms with van der Waals surface area (Å²) in [6.45, 7) is 3.76. The second kappa shape index (κ2) is 4.61. The number of rotatable bonds is 2. The molecule has 0 spiro atoms. The quantitative estimate of drug-likeness (QED) is 0.841. The summed E-state index contributed by atoms with van der Waals surface area (Å²) in [6.07, 6.45) is 1.69. The van der Waals surface area contributed by atoms with E-state index in [1.807, 2.05) is 38.1 Å². The number of hydrogen-bond acceptors (Lipinski definition) is 3. The van der Waals surface area contributed by atoms with E-state index in [-0.39, 0.29) is 0 Å². The number of nitrogens with zero attached hydrogens (tertiary/aromatic N) is 2. The molecule has 0 aliphatic carbocycles. The van der Waals surface area contributed by atoms with Crippen molar-refractivity contribution in [1.82, 2.24) is 9.97 Å². The minimum absolute atomic E-state index is 0.684. The molecule has 82 valence electrons. The minimum Gasteiger partial charge on any atom is -0.454 e. The molecule has 0 fully saturated rings. The maximum absolute atomic E-state index is 5.69. The SMILES string of the molecule is Cc1ncc(Oc2cccc(Br)c2)c(C)n1. The first-order valence-electron chi connectivity index (χ1n) is 4.89. The van der Waals surface area contributed by atoms with Gasteiger partial charge in [-0.2, -0.15) is 0 Å². The van der Waals surface area contributed by atoms with Gasteiger partial charge in [0.2, 0.25) is 0 Å². The normalized spacial score (nSPS) is 10.2. The van der Waals surface area contributed by atoms with E-state index >= 15 is 0 Å². The largest absolute Gasteiger partial charge is 0.454 e. The van der Waals surface area contributed by atoms with Gasteiger partial charge in [0, 0.05) is 4.47 Å². The van der Waals surface area contributed by atoms with Gasteiger partial charge in [-0.1, -0.05) is 22.0 Å². The van der Waals surface area contributed by atoms with E-state index in [0.29, 0.717) is 5.75 Å². The van der Waals surface area contributed by atoms with Crippen molar-refractivity contribution >= 4 is 15.9 Å². The van der Waals surface area contributed by atoms with E-state index in [0.717, 1.165) is 21.7 Å². The smallest absolute Gasteiger partial charge is 0.166 e. The molecule has 2 aromatic rings. The van der Waals surface area contributed by atoms with Gasteiger partial charge >= 0.3 is 0 Å². The number of ether oxygens (including phenoxy) is 1. The number of aromatic nitrogens is 2. The van der Waals surface area contributed by atoms with Crippen molar-refractivity contribution in [2.45, 2.75) is 13.8 Å². The van der Waals surface area contributed by atoms with Gasteiger partial charge in [-0.25, -0.2) is 9.97 Å². The second-order valence-corrected chi connectivity index (χ2v) is 4.34. The highest BCUT2D eigenvalue weighted by molar-refractivity contribution is 9.10. The molecule has 1 aromatic heterocycles. The van der Waals surface area contributed by atoms with Crippen LogP contribution in [0.15, 0.2) is 34.9 Å². The Balaban J connectivity index is 2.27. The first-order chi connectivity index (χ1) is 7.65. The van der Waals surface area contributed by atoms with E-state index in [1.165, 1.54) is 0 Å². The first-order valence-corrected chi connectivity index (χ1v) is 5.68. The van der Waals surface area contributed by atoms with Crippen molar-refractivity contribution in [3.63, 3.8) is 0 Å². The monoisotopic (exact) mass is 278 g/mol. The average Bonchev–Trinajstić information content (AvgIpc) is 2.22. The summed E-state index contributed by atoms with van der Waals surface area (Å²) in [5.74, 6) is 2.20. The van der Waals surface area contributed by atoms with E-state index in [2.05, 4.69) is 25.9 Å². The van der Waals surface area contributed by atoms with Crippen LogP contribution in [0.3, 0.4) is 0 Å². The standard InChI is InChI=1S/C12H11BrN2O/c1-8-12(7-14-9(2)15-8)16-11-5-3-4-10(13)6-11/h3-7H,1-2H3. The lowest BCUT2D eigenvalue weighted by Gasteiger charge is -2.07. The van der Waals surface area contributed by atoms with Crippen molar-refractivity contribution < 1.29 is 4.74 Å². The lowest BCUT2D eigenvalue weighted by atomic mass is 10.3. The highest BCUT2D eigenvalue weighted by atomic mass is 79.9. The van der Waals surface area contributed by atoms with Crippen LogP contribution in [0.5, 0.6) is 11.5 Å². The summed E-state index contributed by atoms with van der Waals surface area (Å²) in [5, 5.41) is 0. The summed E-state index contributed by atoms with van der Waals surface area (Å²) in [5.41, 5.74) is 0.840. The zero-order valence-corrected chi connectivity index (χ0v) is 10.7. The highest BCUT2D eigenvalue weighted by Crippen LogP contribution is 2.25. The molecule has 0 bridgehead atoms. The molecule has 2 rings (SSSR count). The van der Waals surface area contributed by atoms with Gasteiger partial charge < -0.3 is 4.74 Å². The number of hydrogen-bond donors (Lipinski definition) is 0. The number of benzene rings is 1. The molecule has 0 unspecified atom stereocenters. The summed E-state index contributed by atoms with van der Waals surface area (Å²) in [7, 11) is 0. The van der Waals surface area contributed by atoms with Crippen molar-refractivity contribution in [3.05, 3.63) is 46.5 Å². The van der Waals surface area contributed by atoms with Crippen LogP contribution in [0.4, 0.5) is 0 Å². The zero-order valence-electron chi connectivity index (χ0n) is 9.07. The molecule has 0 saturated carbocycles. The molecule has 1 heterocycles. The number of halogens is 1. The molecule has 0 radical (unpaired) electrons.